The molecule has 1 heterocycles. The topological polar surface area (TPSA) is 79.8 Å². The number of primary amides is 1. The lowest BCUT2D eigenvalue weighted by Crippen LogP contribution is -2.05. The molecule has 1 aromatic rings. The first-order valence-electron chi connectivity index (χ1n) is 3.56. The van der Waals surface area contributed by atoms with E-state index < -0.39 is 5.91 Å². The zero-order chi connectivity index (χ0) is 9.68. The SMILES string of the molecule is N#Cc1ccnc(C=CC(N)=O)c1. The molecule has 2 N–H and O–H groups in total. The average molecular weight is 173 g/mol. The number of amides is 1. The molecule has 1 amide bonds. The molecule has 0 atom stereocenters. The van der Waals surface area contributed by atoms with Crippen molar-refractivity contribution in [2.45, 2.75) is 0 Å². The Bertz CT molecular complexity index is 390. The van der Waals surface area contributed by atoms with Crippen molar-refractivity contribution in [1.29, 1.82) is 5.26 Å². The van der Waals surface area contributed by atoms with E-state index in [0.29, 0.717) is 11.3 Å². The molecular weight excluding hydrogens is 166 g/mol. The monoisotopic (exact) mass is 173 g/mol. The Morgan fingerprint density at radius 2 is 2.46 bits per heavy atom. The van der Waals surface area contributed by atoms with Gasteiger partial charge >= 0.3 is 0 Å². The van der Waals surface area contributed by atoms with Gasteiger partial charge in [0.1, 0.15) is 0 Å². The molecule has 0 fully saturated rings. The summed E-state index contributed by atoms with van der Waals surface area (Å²) in [5, 5.41) is 8.55. The van der Waals surface area contributed by atoms with Crippen molar-refractivity contribution in [3.63, 3.8) is 0 Å². The van der Waals surface area contributed by atoms with Crippen LogP contribution in [0, 0.1) is 11.3 Å². The Balaban J connectivity index is 2.91. The Hall–Kier alpha value is -2.15. The summed E-state index contributed by atoms with van der Waals surface area (Å²) < 4.78 is 0. The molecule has 1 rings (SSSR count). The van der Waals surface area contributed by atoms with Crippen LogP contribution < -0.4 is 5.73 Å². The van der Waals surface area contributed by atoms with Gasteiger partial charge in [-0.15, -0.1) is 0 Å². The van der Waals surface area contributed by atoms with Crippen LogP contribution in [0.25, 0.3) is 6.08 Å². The predicted molar refractivity (Wildman–Crippen MR) is 47.2 cm³/mol. The molecule has 0 bridgehead atoms. The van der Waals surface area contributed by atoms with E-state index in [0.717, 1.165) is 0 Å². The lowest BCUT2D eigenvalue weighted by atomic mass is 10.2. The van der Waals surface area contributed by atoms with Gasteiger partial charge in [0, 0.05) is 12.3 Å². The van der Waals surface area contributed by atoms with Crippen LogP contribution >= 0.6 is 0 Å². The van der Waals surface area contributed by atoms with Gasteiger partial charge in [0.05, 0.1) is 17.3 Å². The normalized spacial score (nSPS) is 9.77. The maximum atomic E-state index is 10.4. The number of nitrogens with two attached hydrogens (primary N) is 1. The second-order valence-electron chi connectivity index (χ2n) is 2.32. The second kappa shape index (κ2) is 4.02. The van der Waals surface area contributed by atoms with Gasteiger partial charge < -0.3 is 5.73 Å². The summed E-state index contributed by atoms with van der Waals surface area (Å²) in [6.45, 7) is 0. The number of nitrogens with zero attached hydrogens (tertiary/aromatic N) is 2. The van der Waals surface area contributed by atoms with Crippen LogP contribution in [0.2, 0.25) is 0 Å². The lowest BCUT2D eigenvalue weighted by Gasteiger charge is -1.91. The molecule has 64 valence electrons. The average Bonchev–Trinajstić information content (AvgIpc) is 2.15. The van der Waals surface area contributed by atoms with Gasteiger partial charge in [-0.05, 0) is 18.2 Å². The highest BCUT2D eigenvalue weighted by atomic mass is 16.1. The Labute approximate surface area is 75.3 Å². The summed E-state index contributed by atoms with van der Waals surface area (Å²) in [5.41, 5.74) is 5.93. The summed E-state index contributed by atoms with van der Waals surface area (Å²) >= 11 is 0. The minimum absolute atomic E-state index is 0.499. The van der Waals surface area contributed by atoms with Crippen molar-refractivity contribution < 1.29 is 4.79 Å². The third-order valence-corrected chi connectivity index (χ3v) is 1.33. The summed E-state index contributed by atoms with van der Waals surface area (Å²) in [4.78, 5) is 14.3. The first kappa shape index (κ1) is 8.94. The highest BCUT2D eigenvalue weighted by Gasteiger charge is 1.92. The summed E-state index contributed by atoms with van der Waals surface area (Å²) in [6.07, 6.45) is 4.16. The van der Waals surface area contributed by atoms with Crippen LogP contribution in [-0.2, 0) is 4.79 Å². The van der Waals surface area contributed by atoms with E-state index in [9.17, 15) is 4.79 Å². The van der Waals surface area contributed by atoms with Crippen molar-refractivity contribution in [2.75, 3.05) is 0 Å². The van der Waals surface area contributed by atoms with Crippen molar-refractivity contribution in [2.24, 2.45) is 5.73 Å². The second-order valence-corrected chi connectivity index (χ2v) is 2.32. The molecule has 0 unspecified atom stereocenters. The standard InChI is InChI=1S/C9H7N3O/c10-6-7-3-4-12-8(5-7)1-2-9(11)13/h1-5H,(H2,11,13). The maximum Gasteiger partial charge on any atom is 0.241 e. The van der Waals surface area contributed by atoms with Crippen molar-refractivity contribution >= 4 is 12.0 Å². The molecule has 0 aliphatic carbocycles. The highest BCUT2D eigenvalue weighted by Crippen LogP contribution is 2.01. The van der Waals surface area contributed by atoms with E-state index >= 15 is 0 Å². The number of carbonyl (C=O) groups is 1. The summed E-state index contributed by atoms with van der Waals surface area (Å²) in [6, 6.07) is 5.12. The van der Waals surface area contributed by atoms with Crippen LogP contribution in [0.1, 0.15) is 11.3 Å². The molecule has 0 aromatic carbocycles. The Kier molecular flexibility index (Phi) is 2.77. The fourth-order valence-corrected chi connectivity index (χ4v) is 0.777. The van der Waals surface area contributed by atoms with Crippen LogP contribution in [0.3, 0.4) is 0 Å². The molecule has 0 aliphatic heterocycles. The third-order valence-electron chi connectivity index (χ3n) is 1.33. The zero-order valence-electron chi connectivity index (χ0n) is 6.77. The largest absolute Gasteiger partial charge is 0.366 e. The zero-order valence-corrected chi connectivity index (χ0v) is 6.77. The first-order valence-corrected chi connectivity index (χ1v) is 3.56. The van der Waals surface area contributed by atoms with E-state index in [4.69, 9.17) is 11.0 Å². The van der Waals surface area contributed by atoms with E-state index in [-0.39, 0.29) is 0 Å². The Morgan fingerprint density at radius 1 is 1.69 bits per heavy atom. The smallest absolute Gasteiger partial charge is 0.241 e. The van der Waals surface area contributed by atoms with Crippen molar-refractivity contribution in [1.82, 2.24) is 4.98 Å². The molecule has 0 saturated heterocycles. The molecule has 13 heavy (non-hydrogen) atoms. The van der Waals surface area contributed by atoms with Crippen LogP contribution in [0.5, 0.6) is 0 Å². The van der Waals surface area contributed by atoms with Gasteiger partial charge in [-0.1, -0.05) is 0 Å². The molecule has 4 nitrogen and oxygen atoms in total. The number of carbonyl (C=O) groups excluding carboxylic acids is 1. The lowest BCUT2D eigenvalue weighted by molar-refractivity contribution is -0.113. The minimum atomic E-state index is -0.538. The highest BCUT2D eigenvalue weighted by molar-refractivity contribution is 5.89. The quantitative estimate of drug-likeness (QED) is 0.659. The number of hydrogen-bond donors (Lipinski definition) is 1. The van der Waals surface area contributed by atoms with Gasteiger partial charge in [-0.2, -0.15) is 5.26 Å². The number of hydrogen-bond acceptors (Lipinski definition) is 3. The van der Waals surface area contributed by atoms with E-state index in [1.54, 1.807) is 12.1 Å². The molecule has 0 spiro atoms. The summed E-state index contributed by atoms with van der Waals surface area (Å²) in [7, 11) is 0. The molecule has 1 aromatic heterocycles. The third kappa shape index (κ3) is 2.75. The van der Waals surface area contributed by atoms with Crippen LogP contribution in [0.15, 0.2) is 24.4 Å². The van der Waals surface area contributed by atoms with Gasteiger partial charge in [0.15, 0.2) is 0 Å². The van der Waals surface area contributed by atoms with Crippen molar-refractivity contribution in [3.8, 4) is 6.07 Å². The van der Waals surface area contributed by atoms with Crippen molar-refractivity contribution in [3.05, 3.63) is 35.7 Å². The number of aromatic nitrogens is 1. The van der Waals surface area contributed by atoms with E-state index in [1.807, 2.05) is 6.07 Å². The predicted octanol–water partition coefficient (Wildman–Crippen LogP) is 0.452. The van der Waals surface area contributed by atoms with Crippen LogP contribution in [0.4, 0.5) is 0 Å². The molecular formula is C9H7N3O. The number of rotatable bonds is 2. The molecule has 0 radical (unpaired) electrons. The number of pyridine rings is 1. The van der Waals surface area contributed by atoms with Gasteiger partial charge in [-0.25, -0.2) is 0 Å². The van der Waals surface area contributed by atoms with Gasteiger partial charge in [0.2, 0.25) is 5.91 Å². The number of nitriles is 1. The molecule has 0 aliphatic rings. The van der Waals surface area contributed by atoms with E-state index in [1.165, 1.54) is 18.3 Å². The molecule has 4 heteroatoms. The first-order chi connectivity index (χ1) is 6.22. The van der Waals surface area contributed by atoms with Gasteiger partial charge in [0.25, 0.3) is 0 Å². The molecule has 0 saturated carbocycles. The van der Waals surface area contributed by atoms with Gasteiger partial charge in [-0.3, -0.25) is 9.78 Å². The fraction of sp³-hybridized carbons (Fsp3) is 0. The Morgan fingerprint density at radius 3 is 3.08 bits per heavy atom. The van der Waals surface area contributed by atoms with Crippen LogP contribution in [-0.4, -0.2) is 10.9 Å². The summed E-state index contributed by atoms with van der Waals surface area (Å²) in [5.74, 6) is -0.538. The van der Waals surface area contributed by atoms with E-state index in [2.05, 4.69) is 4.98 Å². The fourth-order valence-electron chi connectivity index (χ4n) is 0.777. The maximum absolute atomic E-state index is 10.4. The minimum Gasteiger partial charge on any atom is -0.366 e.